The van der Waals surface area contributed by atoms with Gasteiger partial charge in [-0.25, -0.2) is 0 Å². The van der Waals surface area contributed by atoms with Crippen LogP contribution in [0, 0.1) is 0 Å². The second kappa shape index (κ2) is 3.73. The van der Waals surface area contributed by atoms with Crippen LogP contribution in [0.15, 0.2) is 28.4 Å². The molecule has 0 bridgehead atoms. The van der Waals surface area contributed by atoms with Gasteiger partial charge in [-0.3, -0.25) is 14.9 Å². The molecule has 0 aromatic carbocycles. The Morgan fingerprint density at radius 1 is 1.53 bits per heavy atom. The van der Waals surface area contributed by atoms with Crippen molar-refractivity contribution in [2.45, 2.75) is 19.8 Å². The molecule has 1 fully saturated rings. The van der Waals surface area contributed by atoms with Crippen molar-refractivity contribution < 1.29 is 14.0 Å². The number of amides is 2. The van der Waals surface area contributed by atoms with Gasteiger partial charge >= 0.3 is 0 Å². The molecule has 4 heteroatoms. The van der Waals surface area contributed by atoms with Gasteiger partial charge in [0.2, 0.25) is 5.91 Å². The van der Waals surface area contributed by atoms with E-state index in [2.05, 4.69) is 5.32 Å². The number of carbonyl (C=O) groups excluding carboxylic acids is 2. The molecule has 1 saturated heterocycles. The van der Waals surface area contributed by atoms with E-state index in [4.69, 9.17) is 4.42 Å². The molecular weight excluding hydrogens is 194 g/mol. The Morgan fingerprint density at radius 2 is 2.33 bits per heavy atom. The summed E-state index contributed by atoms with van der Waals surface area (Å²) in [6.07, 6.45) is 2.38. The molecule has 0 saturated carbocycles. The summed E-state index contributed by atoms with van der Waals surface area (Å²) in [6.45, 7) is 1.93. The number of nitrogens with one attached hydrogen (secondary N) is 1. The quantitative estimate of drug-likeness (QED) is 0.587. The van der Waals surface area contributed by atoms with E-state index in [0.717, 1.165) is 5.57 Å². The predicted molar refractivity (Wildman–Crippen MR) is 53.7 cm³/mol. The van der Waals surface area contributed by atoms with Gasteiger partial charge in [0.1, 0.15) is 5.76 Å². The Hall–Kier alpha value is -1.84. The van der Waals surface area contributed by atoms with E-state index in [-0.39, 0.29) is 18.2 Å². The normalized spacial score (nSPS) is 19.3. The standard InChI is InChI=1S/C11H11NO3/c1-2-7(9-4-3-5-15-9)8-6-10(13)12-11(8)14/h3-5H,2,6H2,1H3,(H,12,13,14)/b8-7-. The van der Waals surface area contributed by atoms with Crippen molar-refractivity contribution in [1.29, 1.82) is 0 Å². The molecule has 1 N–H and O–H groups in total. The fourth-order valence-corrected chi connectivity index (χ4v) is 1.72. The van der Waals surface area contributed by atoms with Gasteiger partial charge in [0.05, 0.1) is 12.7 Å². The van der Waals surface area contributed by atoms with Crippen LogP contribution >= 0.6 is 0 Å². The van der Waals surface area contributed by atoms with Crippen LogP contribution in [0.1, 0.15) is 25.5 Å². The smallest absolute Gasteiger partial charge is 0.254 e. The van der Waals surface area contributed by atoms with E-state index in [1.807, 2.05) is 6.92 Å². The number of rotatable bonds is 2. The highest BCUT2D eigenvalue weighted by Crippen LogP contribution is 2.26. The minimum atomic E-state index is -0.298. The molecule has 1 aromatic heterocycles. The van der Waals surface area contributed by atoms with Crippen LogP contribution in [-0.2, 0) is 9.59 Å². The number of carbonyl (C=O) groups is 2. The molecule has 0 spiro atoms. The number of furan rings is 1. The molecule has 0 atom stereocenters. The maximum absolute atomic E-state index is 11.4. The fourth-order valence-electron chi connectivity index (χ4n) is 1.72. The summed E-state index contributed by atoms with van der Waals surface area (Å²) < 4.78 is 5.23. The Kier molecular flexibility index (Phi) is 2.41. The van der Waals surface area contributed by atoms with Crippen LogP contribution in [0.5, 0.6) is 0 Å². The van der Waals surface area contributed by atoms with Crippen LogP contribution in [0.3, 0.4) is 0 Å². The number of hydrogen-bond acceptors (Lipinski definition) is 3. The average Bonchev–Trinajstić information content (AvgIpc) is 2.79. The highest BCUT2D eigenvalue weighted by molar-refractivity contribution is 6.17. The van der Waals surface area contributed by atoms with Crippen LogP contribution in [0.4, 0.5) is 0 Å². The summed E-state index contributed by atoms with van der Waals surface area (Å²) in [7, 11) is 0. The van der Waals surface area contributed by atoms with Gasteiger partial charge in [-0.1, -0.05) is 6.92 Å². The van der Waals surface area contributed by atoms with E-state index < -0.39 is 0 Å². The molecule has 0 radical (unpaired) electrons. The van der Waals surface area contributed by atoms with Gasteiger partial charge in [-0.15, -0.1) is 0 Å². The van der Waals surface area contributed by atoms with Gasteiger partial charge in [0.15, 0.2) is 0 Å². The second-order valence-electron chi connectivity index (χ2n) is 3.34. The van der Waals surface area contributed by atoms with E-state index in [1.54, 1.807) is 18.4 Å². The minimum absolute atomic E-state index is 0.155. The van der Waals surface area contributed by atoms with Crippen LogP contribution in [0.25, 0.3) is 5.57 Å². The van der Waals surface area contributed by atoms with Crippen molar-refractivity contribution in [2.75, 3.05) is 0 Å². The lowest BCUT2D eigenvalue weighted by atomic mass is 10.0. The molecule has 2 rings (SSSR count). The first-order valence-corrected chi connectivity index (χ1v) is 4.82. The van der Waals surface area contributed by atoms with Crippen molar-refractivity contribution in [3.8, 4) is 0 Å². The van der Waals surface area contributed by atoms with Gasteiger partial charge in [-0.2, -0.15) is 0 Å². The van der Waals surface area contributed by atoms with Gasteiger partial charge < -0.3 is 4.42 Å². The van der Waals surface area contributed by atoms with Crippen LogP contribution in [0.2, 0.25) is 0 Å². The van der Waals surface area contributed by atoms with E-state index >= 15 is 0 Å². The highest BCUT2D eigenvalue weighted by Gasteiger charge is 2.27. The maximum Gasteiger partial charge on any atom is 0.254 e. The largest absolute Gasteiger partial charge is 0.465 e. The summed E-state index contributed by atoms with van der Waals surface area (Å²) in [5.74, 6) is 0.123. The summed E-state index contributed by atoms with van der Waals surface area (Å²) in [6, 6.07) is 3.56. The molecule has 1 aliphatic heterocycles. The van der Waals surface area contributed by atoms with Crippen molar-refractivity contribution in [2.24, 2.45) is 0 Å². The monoisotopic (exact) mass is 205 g/mol. The fraction of sp³-hybridized carbons (Fsp3) is 0.273. The summed E-state index contributed by atoms with van der Waals surface area (Å²) in [5.41, 5.74) is 1.33. The Morgan fingerprint density at radius 3 is 2.80 bits per heavy atom. The van der Waals surface area contributed by atoms with Gasteiger partial charge in [0, 0.05) is 11.1 Å². The second-order valence-corrected chi connectivity index (χ2v) is 3.34. The molecule has 78 valence electrons. The zero-order chi connectivity index (χ0) is 10.8. The lowest BCUT2D eigenvalue weighted by Gasteiger charge is -2.03. The Labute approximate surface area is 87.0 Å². The number of allylic oxidation sites excluding steroid dienone is 1. The molecule has 0 unspecified atom stereocenters. The lowest BCUT2D eigenvalue weighted by molar-refractivity contribution is -0.124. The zero-order valence-electron chi connectivity index (χ0n) is 8.37. The average molecular weight is 205 g/mol. The maximum atomic E-state index is 11.4. The topological polar surface area (TPSA) is 59.3 Å². The predicted octanol–water partition coefficient (Wildman–Crippen LogP) is 1.49. The molecule has 4 nitrogen and oxygen atoms in total. The van der Waals surface area contributed by atoms with E-state index in [9.17, 15) is 9.59 Å². The third kappa shape index (κ3) is 1.70. The molecule has 1 aliphatic rings. The SMILES string of the molecule is CC/C(=C1\CC(=O)NC1=O)c1ccco1. The molecule has 2 amide bonds. The summed E-state index contributed by atoms with van der Waals surface area (Å²) in [5, 5.41) is 2.27. The molecule has 1 aromatic rings. The van der Waals surface area contributed by atoms with Gasteiger partial charge in [0.25, 0.3) is 5.91 Å². The molecular formula is C11H11NO3. The zero-order valence-corrected chi connectivity index (χ0v) is 8.37. The lowest BCUT2D eigenvalue weighted by Crippen LogP contribution is -2.19. The van der Waals surface area contributed by atoms with E-state index in [0.29, 0.717) is 17.8 Å². The highest BCUT2D eigenvalue weighted by atomic mass is 16.3. The Balaban J connectivity index is 2.45. The van der Waals surface area contributed by atoms with Crippen molar-refractivity contribution in [3.05, 3.63) is 29.7 Å². The first-order chi connectivity index (χ1) is 7.22. The van der Waals surface area contributed by atoms with Crippen LogP contribution < -0.4 is 5.32 Å². The molecule has 2 heterocycles. The van der Waals surface area contributed by atoms with E-state index in [1.165, 1.54) is 0 Å². The first-order valence-electron chi connectivity index (χ1n) is 4.82. The third-order valence-corrected chi connectivity index (χ3v) is 2.40. The summed E-state index contributed by atoms with van der Waals surface area (Å²) >= 11 is 0. The third-order valence-electron chi connectivity index (χ3n) is 2.40. The van der Waals surface area contributed by atoms with Gasteiger partial charge in [-0.05, 0) is 18.6 Å². The summed E-state index contributed by atoms with van der Waals surface area (Å²) in [4.78, 5) is 22.5. The van der Waals surface area contributed by atoms with Crippen molar-refractivity contribution in [1.82, 2.24) is 5.32 Å². The number of hydrogen-bond donors (Lipinski definition) is 1. The van der Waals surface area contributed by atoms with Crippen LogP contribution in [-0.4, -0.2) is 11.8 Å². The van der Waals surface area contributed by atoms with Crippen molar-refractivity contribution in [3.63, 3.8) is 0 Å². The first kappa shape index (κ1) is 9.71. The minimum Gasteiger partial charge on any atom is -0.465 e. The van der Waals surface area contributed by atoms with Crippen molar-refractivity contribution >= 4 is 17.4 Å². The Bertz CT molecular complexity index is 429. The molecule has 0 aliphatic carbocycles. The number of imide groups is 1. The molecule has 15 heavy (non-hydrogen) atoms.